The summed E-state index contributed by atoms with van der Waals surface area (Å²) in [5, 5.41) is 10.7. The first-order valence-corrected chi connectivity index (χ1v) is 10.5. The average molecular weight is 454 g/mol. The number of hydrogen-bond acceptors (Lipinski definition) is 5. The lowest BCUT2D eigenvalue weighted by Crippen LogP contribution is -2.63. The number of fused-ring (bicyclic) bond motifs is 1. The van der Waals surface area contributed by atoms with Crippen LogP contribution in [-0.4, -0.2) is 28.2 Å². The van der Waals surface area contributed by atoms with Gasteiger partial charge in [0.2, 0.25) is 11.9 Å². The van der Waals surface area contributed by atoms with Crippen LogP contribution >= 0.6 is 15.9 Å². The number of anilines is 1. The maximum Gasteiger partial charge on any atom is 0.227 e. The smallest absolute Gasteiger partial charge is 0.227 e. The van der Waals surface area contributed by atoms with E-state index in [0.717, 1.165) is 32.2 Å². The highest BCUT2D eigenvalue weighted by Crippen LogP contribution is 2.22. The number of amides is 1. The zero-order chi connectivity index (χ0) is 20.5. The molecule has 0 bridgehead atoms. The Hall–Kier alpha value is -2.51. The summed E-state index contributed by atoms with van der Waals surface area (Å²) in [6.07, 6.45) is 0.268. The monoisotopic (exact) mass is 453 g/mol. The Bertz CT molecular complexity index is 1050. The van der Waals surface area contributed by atoms with Gasteiger partial charge in [0, 0.05) is 15.9 Å². The van der Waals surface area contributed by atoms with E-state index in [1.807, 2.05) is 63.2 Å². The third kappa shape index (κ3) is 4.26. The number of nitrogens with one attached hydrogen (secondary N) is 3. The molecular weight excluding hydrogens is 430 g/mol. The number of aryl methyl sites for hydroxylation is 2. The lowest BCUT2D eigenvalue weighted by molar-refractivity contribution is -0.128. The molecule has 29 heavy (non-hydrogen) atoms. The molecule has 3 atom stereocenters. The van der Waals surface area contributed by atoms with Crippen LogP contribution in [0.4, 0.5) is 5.95 Å². The summed E-state index contributed by atoms with van der Waals surface area (Å²) in [5.74, 6) is 0.377. The normalized spacial score (nSPS) is 21.8. The summed E-state index contributed by atoms with van der Waals surface area (Å²) in [7, 11) is 0. The summed E-state index contributed by atoms with van der Waals surface area (Å²) in [5.41, 5.74) is 4.06. The molecule has 1 aromatic heterocycles. The molecule has 0 aliphatic carbocycles. The molecule has 0 radical (unpaired) electrons. The summed E-state index contributed by atoms with van der Waals surface area (Å²) >= 11 is 3.45. The maximum absolute atomic E-state index is 12.8. The summed E-state index contributed by atoms with van der Waals surface area (Å²) < 4.78 is 1.03. The highest BCUT2D eigenvalue weighted by Gasteiger charge is 2.33. The van der Waals surface area contributed by atoms with Crippen molar-refractivity contribution in [2.45, 2.75) is 39.5 Å². The van der Waals surface area contributed by atoms with Crippen molar-refractivity contribution in [3.05, 3.63) is 63.8 Å². The average Bonchev–Trinajstić information content (AvgIpc) is 2.67. The number of carbonyl (C=O) groups is 1. The van der Waals surface area contributed by atoms with E-state index < -0.39 is 6.29 Å². The molecule has 7 heteroatoms. The minimum absolute atomic E-state index is 0.00758. The van der Waals surface area contributed by atoms with E-state index in [1.165, 1.54) is 0 Å². The molecule has 4 rings (SSSR count). The van der Waals surface area contributed by atoms with Crippen molar-refractivity contribution < 1.29 is 4.79 Å². The predicted octanol–water partition coefficient (Wildman–Crippen LogP) is 3.67. The van der Waals surface area contributed by atoms with Crippen molar-refractivity contribution >= 4 is 38.7 Å². The molecule has 3 N–H and O–H groups in total. The minimum Gasteiger partial charge on any atom is -0.323 e. The van der Waals surface area contributed by atoms with Crippen LogP contribution in [0, 0.1) is 19.8 Å². The Kier molecular flexibility index (Phi) is 5.52. The van der Waals surface area contributed by atoms with Gasteiger partial charge in [-0.25, -0.2) is 9.97 Å². The highest BCUT2D eigenvalue weighted by molar-refractivity contribution is 9.10. The summed E-state index contributed by atoms with van der Waals surface area (Å²) in [6.45, 7) is 6.04. The predicted molar refractivity (Wildman–Crippen MR) is 118 cm³/mol. The third-order valence-corrected chi connectivity index (χ3v) is 5.95. The van der Waals surface area contributed by atoms with Crippen LogP contribution in [0.5, 0.6) is 0 Å². The summed E-state index contributed by atoms with van der Waals surface area (Å²) in [4.78, 5) is 22.0. The fourth-order valence-corrected chi connectivity index (χ4v) is 4.03. The number of nitrogens with zero attached hydrogens (tertiary/aromatic N) is 2. The van der Waals surface area contributed by atoms with Gasteiger partial charge in [0.15, 0.2) is 6.29 Å². The molecule has 3 aromatic rings. The molecule has 6 nitrogen and oxygen atoms in total. The van der Waals surface area contributed by atoms with Crippen LogP contribution in [-0.2, 0) is 11.2 Å². The molecule has 2 aromatic carbocycles. The molecular formula is C22H24BrN5O. The number of hydrogen-bond donors (Lipinski definition) is 3. The number of para-hydroxylation sites is 1. The van der Waals surface area contributed by atoms with E-state index >= 15 is 0 Å². The van der Waals surface area contributed by atoms with Crippen LogP contribution in [0.1, 0.15) is 23.7 Å². The van der Waals surface area contributed by atoms with Gasteiger partial charge in [0.25, 0.3) is 0 Å². The SMILES string of the molecule is Cc1nc(NC2NC(=O)C(Cc3ccc(Br)cc3)C(C)N2)nc2c(C)cccc12. The first-order valence-electron chi connectivity index (χ1n) is 9.72. The quantitative estimate of drug-likeness (QED) is 0.561. The Morgan fingerprint density at radius 2 is 1.86 bits per heavy atom. The van der Waals surface area contributed by atoms with E-state index in [4.69, 9.17) is 0 Å². The van der Waals surface area contributed by atoms with Gasteiger partial charge < -0.3 is 10.6 Å². The van der Waals surface area contributed by atoms with Crippen molar-refractivity contribution in [2.24, 2.45) is 5.92 Å². The number of halogens is 1. The molecule has 1 fully saturated rings. The van der Waals surface area contributed by atoms with E-state index in [2.05, 4.69) is 41.8 Å². The number of benzene rings is 2. The van der Waals surface area contributed by atoms with Crippen LogP contribution < -0.4 is 16.0 Å². The van der Waals surface area contributed by atoms with Gasteiger partial charge in [-0.3, -0.25) is 10.1 Å². The van der Waals surface area contributed by atoms with E-state index in [9.17, 15) is 4.79 Å². The number of rotatable bonds is 4. The van der Waals surface area contributed by atoms with Gasteiger partial charge in [0.1, 0.15) is 0 Å². The standard InChI is InChI=1S/C22H24BrN5O/c1-12-5-4-6-17-13(2)24-21(26-19(12)17)28-22-25-14(3)18(20(29)27-22)11-15-7-9-16(23)10-8-15/h4-10,14,18,22,25H,11H2,1-3H3,(H,27,29)(H,24,26,28). The van der Waals surface area contributed by atoms with Gasteiger partial charge in [0.05, 0.1) is 17.1 Å². The lowest BCUT2D eigenvalue weighted by Gasteiger charge is -2.36. The zero-order valence-electron chi connectivity index (χ0n) is 16.7. The molecule has 0 saturated carbocycles. The fourth-order valence-electron chi connectivity index (χ4n) is 3.76. The van der Waals surface area contributed by atoms with E-state index in [0.29, 0.717) is 12.4 Å². The molecule has 150 valence electrons. The first-order chi connectivity index (χ1) is 13.9. The minimum atomic E-state index is -0.417. The van der Waals surface area contributed by atoms with Gasteiger partial charge in [-0.15, -0.1) is 0 Å². The van der Waals surface area contributed by atoms with Gasteiger partial charge in [-0.2, -0.15) is 0 Å². The van der Waals surface area contributed by atoms with Crippen molar-refractivity contribution in [3.63, 3.8) is 0 Å². The molecule has 1 aliphatic heterocycles. The van der Waals surface area contributed by atoms with Crippen molar-refractivity contribution in [2.75, 3.05) is 5.32 Å². The third-order valence-electron chi connectivity index (χ3n) is 5.42. The van der Waals surface area contributed by atoms with Crippen molar-refractivity contribution in [3.8, 4) is 0 Å². The van der Waals surface area contributed by atoms with E-state index in [-0.39, 0.29) is 17.9 Å². The van der Waals surface area contributed by atoms with Gasteiger partial charge in [-0.1, -0.05) is 46.3 Å². The molecule has 1 amide bonds. The van der Waals surface area contributed by atoms with Crippen molar-refractivity contribution in [1.29, 1.82) is 0 Å². The largest absolute Gasteiger partial charge is 0.323 e. The maximum atomic E-state index is 12.8. The van der Waals surface area contributed by atoms with Crippen LogP contribution in [0.2, 0.25) is 0 Å². The van der Waals surface area contributed by atoms with Crippen LogP contribution in [0.3, 0.4) is 0 Å². The Morgan fingerprint density at radius 3 is 2.59 bits per heavy atom. The lowest BCUT2D eigenvalue weighted by atomic mass is 9.91. The molecule has 0 spiro atoms. The zero-order valence-corrected chi connectivity index (χ0v) is 18.2. The molecule has 1 saturated heterocycles. The Morgan fingerprint density at radius 1 is 1.10 bits per heavy atom. The van der Waals surface area contributed by atoms with Crippen LogP contribution in [0.15, 0.2) is 46.9 Å². The fraction of sp³-hybridized carbons (Fsp3) is 0.318. The van der Waals surface area contributed by atoms with Crippen molar-refractivity contribution in [1.82, 2.24) is 20.6 Å². The second-order valence-corrected chi connectivity index (χ2v) is 8.50. The second kappa shape index (κ2) is 8.08. The Labute approximate surface area is 178 Å². The van der Waals surface area contributed by atoms with Gasteiger partial charge >= 0.3 is 0 Å². The number of aromatic nitrogens is 2. The topological polar surface area (TPSA) is 78.9 Å². The van der Waals surface area contributed by atoms with E-state index in [1.54, 1.807) is 0 Å². The highest BCUT2D eigenvalue weighted by atomic mass is 79.9. The number of carbonyl (C=O) groups excluding carboxylic acids is 1. The first kappa shape index (κ1) is 19.8. The summed E-state index contributed by atoms with van der Waals surface area (Å²) in [6, 6.07) is 14.2. The molecule has 2 heterocycles. The Balaban J connectivity index is 1.48. The molecule has 3 unspecified atom stereocenters. The molecule has 1 aliphatic rings. The second-order valence-electron chi connectivity index (χ2n) is 7.58. The van der Waals surface area contributed by atoms with Gasteiger partial charge in [-0.05, 0) is 50.5 Å². The van der Waals surface area contributed by atoms with Crippen LogP contribution in [0.25, 0.3) is 10.9 Å².